The minimum atomic E-state index is 0.535. The van der Waals surface area contributed by atoms with Gasteiger partial charge < -0.3 is 10.2 Å². The van der Waals surface area contributed by atoms with Crippen LogP contribution in [0, 0.1) is 0 Å². The van der Waals surface area contributed by atoms with Crippen molar-refractivity contribution < 1.29 is 4.42 Å². The molecule has 2 heterocycles. The van der Waals surface area contributed by atoms with Gasteiger partial charge in [-0.3, -0.25) is 4.68 Å². The first-order valence-electron chi connectivity index (χ1n) is 4.89. The van der Waals surface area contributed by atoms with Gasteiger partial charge in [0.05, 0.1) is 5.69 Å². The highest BCUT2D eigenvalue weighted by Crippen LogP contribution is 2.26. The lowest BCUT2D eigenvalue weighted by molar-refractivity contribution is 0.606. The Morgan fingerprint density at radius 3 is 2.88 bits per heavy atom. The minimum Gasteiger partial charge on any atom is -0.435 e. The van der Waals surface area contributed by atoms with Gasteiger partial charge in [-0.1, -0.05) is 6.07 Å². The monoisotopic (exact) mass is 214 g/mol. The largest absolute Gasteiger partial charge is 0.435 e. The average Bonchev–Trinajstić information content (AvgIpc) is 2.84. The minimum absolute atomic E-state index is 0.535. The second kappa shape index (κ2) is 3.10. The molecule has 0 radical (unpaired) electrons. The molecule has 0 spiro atoms. The number of nitrogens with zero attached hydrogens (tertiary/aromatic N) is 3. The normalized spacial score (nSPS) is 11.1. The van der Waals surface area contributed by atoms with Crippen LogP contribution in [-0.4, -0.2) is 14.8 Å². The molecule has 0 fully saturated rings. The van der Waals surface area contributed by atoms with Gasteiger partial charge in [0, 0.05) is 13.2 Å². The van der Waals surface area contributed by atoms with Gasteiger partial charge in [-0.2, -0.15) is 5.10 Å². The molecule has 0 bridgehead atoms. The number of nitrogen functional groups attached to an aromatic ring is 1. The average molecular weight is 214 g/mol. The number of benzene rings is 1. The first-order chi connectivity index (χ1) is 7.75. The summed E-state index contributed by atoms with van der Waals surface area (Å²) in [6.45, 7) is 0. The van der Waals surface area contributed by atoms with Crippen LogP contribution in [0.3, 0.4) is 0 Å². The first-order valence-corrected chi connectivity index (χ1v) is 4.89. The van der Waals surface area contributed by atoms with E-state index in [9.17, 15) is 0 Å². The van der Waals surface area contributed by atoms with E-state index in [2.05, 4.69) is 10.1 Å². The van der Waals surface area contributed by atoms with Gasteiger partial charge in [0.25, 0.3) is 0 Å². The summed E-state index contributed by atoms with van der Waals surface area (Å²) < 4.78 is 7.33. The molecule has 0 saturated heterocycles. The van der Waals surface area contributed by atoms with E-state index in [1.807, 2.05) is 25.2 Å². The Bertz CT molecular complexity index is 653. The molecule has 16 heavy (non-hydrogen) atoms. The fourth-order valence-corrected chi connectivity index (χ4v) is 1.66. The Labute approximate surface area is 91.5 Å². The molecule has 0 aliphatic carbocycles. The summed E-state index contributed by atoms with van der Waals surface area (Å²) in [6.07, 6.45) is 1.70. The van der Waals surface area contributed by atoms with Crippen LogP contribution in [0.2, 0.25) is 0 Å². The van der Waals surface area contributed by atoms with E-state index in [4.69, 9.17) is 10.2 Å². The summed E-state index contributed by atoms with van der Waals surface area (Å²) >= 11 is 0. The van der Waals surface area contributed by atoms with Crippen molar-refractivity contribution in [3.05, 3.63) is 30.5 Å². The zero-order valence-corrected chi connectivity index (χ0v) is 8.71. The van der Waals surface area contributed by atoms with Crippen LogP contribution in [0.5, 0.6) is 0 Å². The van der Waals surface area contributed by atoms with E-state index in [1.165, 1.54) is 0 Å². The molecular formula is C11H10N4O. The van der Waals surface area contributed by atoms with Gasteiger partial charge in [-0.15, -0.1) is 0 Å². The number of para-hydroxylation sites is 1. The molecule has 5 nitrogen and oxygen atoms in total. The lowest BCUT2D eigenvalue weighted by Crippen LogP contribution is -1.93. The Kier molecular flexibility index (Phi) is 1.73. The maximum Gasteiger partial charge on any atom is 0.245 e. The summed E-state index contributed by atoms with van der Waals surface area (Å²) in [4.78, 5) is 4.36. The fourth-order valence-electron chi connectivity index (χ4n) is 1.66. The highest BCUT2D eigenvalue weighted by atomic mass is 16.3. The van der Waals surface area contributed by atoms with Gasteiger partial charge >= 0.3 is 0 Å². The summed E-state index contributed by atoms with van der Waals surface area (Å²) in [7, 11) is 1.84. The molecule has 2 aromatic heterocycles. The van der Waals surface area contributed by atoms with E-state index < -0.39 is 0 Å². The second-order valence-corrected chi connectivity index (χ2v) is 3.55. The van der Waals surface area contributed by atoms with Crippen LogP contribution >= 0.6 is 0 Å². The van der Waals surface area contributed by atoms with Crippen LogP contribution < -0.4 is 5.73 Å². The summed E-state index contributed by atoms with van der Waals surface area (Å²) in [5.74, 6) is 0.535. The molecule has 0 aliphatic heterocycles. The molecule has 2 N–H and O–H groups in total. The molecule has 0 saturated carbocycles. The van der Waals surface area contributed by atoms with Crippen molar-refractivity contribution in [2.24, 2.45) is 7.05 Å². The molecular weight excluding hydrogens is 204 g/mol. The van der Waals surface area contributed by atoms with E-state index >= 15 is 0 Å². The number of rotatable bonds is 1. The molecule has 0 amide bonds. The molecule has 0 atom stereocenters. The van der Waals surface area contributed by atoms with E-state index in [-0.39, 0.29) is 0 Å². The Morgan fingerprint density at radius 2 is 2.19 bits per heavy atom. The quantitative estimate of drug-likeness (QED) is 0.627. The van der Waals surface area contributed by atoms with Crippen molar-refractivity contribution in [2.45, 2.75) is 0 Å². The van der Waals surface area contributed by atoms with Crippen molar-refractivity contribution in [1.29, 1.82) is 0 Å². The summed E-state index contributed by atoms with van der Waals surface area (Å²) in [5, 5.41) is 4.07. The zero-order chi connectivity index (χ0) is 11.1. The SMILES string of the molecule is Cn1nccc1-c1nc2c(N)cccc2o1. The number of fused-ring (bicyclic) bond motifs is 1. The zero-order valence-electron chi connectivity index (χ0n) is 8.71. The number of aryl methyl sites for hydroxylation is 1. The third-order valence-electron chi connectivity index (χ3n) is 2.49. The van der Waals surface area contributed by atoms with Crippen molar-refractivity contribution in [1.82, 2.24) is 14.8 Å². The van der Waals surface area contributed by atoms with E-state index in [0.717, 1.165) is 5.69 Å². The second-order valence-electron chi connectivity index (χ2n) is 3.55. The van der Waals surface area contributed by atoms with Gasteiger partial charge in [0.1, 0.15) is 11.2 Å². The van der Waals surface area contributed by atoms with E-state index in [1.54, 1.807) is 16.9 Å². The number of anilines is 1. The maximum absolute atomic E-state index is 5.82. The van der Waals surface area contributed by atoms with Crippen molar-refractivity contribution in [3.63, 3.8) is 0 Å². The molecule has 0 aliphatic rings. The predicted octanol–water partition coefficient (Wildman–Crippen LogP) is 1.81. The lowest BCUT2D eigenvalue weighted by Gasteiger charge is -1.93. The summed E-state index contributed by atoms with van der Waals surface area (Å²) in [5.41, 5.74) is 8.65. The van der Waals surface area contributed by atoms with Gasteiger partial charge in [-0.05, 0) is 18.2 Å². The third kappa shape index (κ3) is 1.18. The Morgan fingerprint density at radius 1 is 1.31 bits per heavy atom. The van der Waals surface area contributed by atoms with Crippen LogP contribution in [0.4, 0.5) is 5.69 Å². The van der Waals surface area contributed by atoms with Gasteiger partial charge in [-0.25, -0.2) is 4.98 Å². The highest BCUT2D eigenvalue weighted by molar-refractivity contribution is 5.86. The van der Waals surface area contributed by atoms with Crippen LogP contribution in [-0.2, 0) is 7.05 Å². The number of oxazole rings is 1. The van der Waals surface area contributed by atoms with Crippen molar-refractivity contribution in [3.8, 4) is 11.6 Å². The van der Waals surface area contributed by atoms with Crippen LogP contribution in [0.25, 0.3) is 22.7 Å². The first kappa shape index (κ1) is 8.96. The molecule has 0 unspecified atom stereocenters. The van der Waals surface area contributed by atoms with Crippen molar-refractivity contribution >= 4 is 16.8 Å². The van der Waals surface area contributed by atoms with Crippen molar-refractivity contribution in [2.75, 3.05) is 5.73 Å². The molecule has 5 heteroatoms. The van der Waals surface area contributed by atoms with Crippen LogP contribution in [0.1, 0.15) is 0 Å². The highest BCUT2D eigenvalue weighted by Gasteiger charge is 2.12. The smallest absolute Gasteiger partial charge is 0.245 e. The van der Waals surface area contributed by atoms with Crippen LogP contribution in [0.15, 0.2) is 34.9 Å². The molecule has 3 aromatic rings. The third-order valence-corrected chi connectivity index (χ3v) is 2.49. The Balaban J connectivity index is 2.27. The van der Waals surface area contributed by atoms with E-state index in [0.29, 0.717) is 22.7 Å². The number of nitrogens with two attached hydrogens (primary N) is 1. The molecule has 1 aromatic carbocycles. The number of hydrogen-bond donors (Lipinski definition) is 1. The maximum atomic E-state index is 5.82. The molecule has 3 rings (SSSR count). The molecule has 80 valence electrons. The standard InChI is InChI=1S/C11H10N4O/c1-15-8(5-6-13-15)11-14-10-7(12)3-2-4-9(10)16-11/h2-6H,12H2,1H3. The van der Waals surface area contributed by atoms with Gasteiger partial charge in [0.2, 0.25) is 5.89 Å². The summed E-state index contributed by atoms with van der Waals surface area (Å²) in [6, 6.07) is 7.34. The lowest BCUT2D eigenvalue weighted by atomic mass is 10.3. The topological polar surface area (TPSA) is 69.9 Å². The predicted molar refractivity (Wildman–Crippen MR) is 60.6 cm³/mol. The van der Waals surface area contributed by atoms with Gasteiger partial charge in [0.15, 0.2) is 5.58 Å². The number of aromatic nitrogens is 3. The fraction of sp³-hybridized carbons (Fsp3) is 0.0909. The number of hydrogen-bond acceptors (Lipinski definition) is 4. The Hall–Kier alpha value is -2.30.